The highest BCUT2D eigenvalue weighted by Crippen LogP contribution is 1.96. The summed E-state index contributed by atoms with van der Waals surface area (Å²) in [7, 11) is 0. The minimum atomic E-state index is 0.500. The molecule has 0 fully saturated rings. The maximum atomic E-state index is 8.11. The molecule has 0 N–H and O–H groups in total. The third kappa shape index (κ3) is 0.686. The zero-order valence-electron chi connectivity index (χ0n) is 3.72. The monoisotopic (exact) mass is 96.0 g/mol. The summed E-state index contributed by atoms with van der Waals surface area (Å²) in [6.07, 6.45) is 0.677. The topological polar surface area (TPSA) is 45.4 Å². The summed E-state index contributed by atoms with van der Waals surface area (Å²) in [4.78, 5) is 4.51. The van der Waals surface area contributed by atoms with Crippen LogP contribution in [0.3, 0.4) is 0 Å². The van der Waals surface area contributed by atoms with Crippen molar-refractivity contribution in [3.8, 4) is 6.07 Å². The van der Waals surface area contributed by atoms with E-state index >= 15 is 0 Å². The van der Waals surface area contributed by atoms with Gasteiger partial charge in [0.2, 0.25) is 0 Å². The van der Waals surface area contributed by atoms with Crippen molar-refractivity contribution in [1.82, 2.24) is 0 Å². The molecule has 0 saturated carbocycles. The Morgan fingerprint density at radius 3 is 3.00 bits per heavy atom. The van der Waals surface area contributed by atoms with Gasteiger partial charge in [-0.15, -0.1) is 0 Å². The predicted octanol–water partition coefficient (Wildman–Crippen LogP) is 0.286. The highest BCUT2D eigenvalue weighted by Gasteiger charge is 2.03. The summed E-state index contributed by atoms with van der Waals surface area (Å²) in [6.45, 7) is 0.572. The molecule has 0 radical (unpaired) electrons. The fourth-order valence-electron chi connectivity index (χ4n) is 0.388. The smallest absolute Gasteiger partial charge is 0.160 e. The normalized spacial score (nSPS) is 17.3. The number of oxime groups is 1. The molecule has 1 aliphatic rings. The van der Waals surface area contributed by atoms with Crippen LogP contribution in [0, 0.1) is 11.3 Å². The van der Waals surface area contributed by atoms with Crippen molar-refractivity contribution in [3.63, 3.8) is 0 Å². The van der Waals surface area contributed by atoms with E-state index in [2.05, 4.69) is 9.99 Å². The van der Waals surface area contributed by atoms with E-state index in [0.29, 0.717) is 18.7 Å². The Morgan fingerprint density at radius 1 is 1.86 bits per heavy atom. The third-order valence-electron chi connectivity index (χ3n) is 0.734. The van der Waals surface area contributed by atoms with Gasteiger partial charge in [0.1, 0.15) is 12.7 Å². The van der Waals surface area contributed by atoms with Crippen molar-refractivity contribution < 1.29 is 4.84 Å². The molecule has 7 heavy (non-hydrogen) atoms. The van der Waals surface area contributed by atoms with E-state index in [1.807, 2.05) is 6.07 Å². The highest BCUT2D eigenvalue weighted by molar-refractivity contribution is 5.98. The van der Waals surface area contributed by atoms with Crippen LogP contribution in [0.1, 0.15) is 6.42 Å². The van der Waals surface area contributed by atoms with E-state index in [-0.39, 0.29) is 0 Å². The zero-order valence-corrected chi connectivity index (χ0v) is 3.72. The molecule has 3 heteroatoms. The molecule has 0 aromatic rings. The summed E-state index contributed by atoms with van der Waals surface area (Å²) in [6, 6.07) is 1.89. The predicted molar refractivity (Wildman–Crippen MR) is 23.6 cm³/mol. The molecule has 0 aliphatic carbocycles. The quantitative estimate of drug-likeness (QED) is 0.435. The second-order valence-electron chi connectivity index (χ2n) is 1.23. The Hall–Kier alpha value is -1.04. The third-order valence-corrected chi connectivity index (χ3v) is 0.734. The molecule has 1 rings (SSSR count). The zero-order chi connectivity index (χ0) is 5.11. The Balaban J connectivity index is 2.57. The summed E-state index contributed by atoms with van der Waals surface area (Å²) in [5.41, 5.74) is 0.500. The summed E-state index contributed by atoms with van der Waals surface area (Å²) < 4.78 is 0. The van der Waals surface area contributed by atoms with Gasteiger partial charge in [-0.25, -0.2) is 0 Å². The van der Waals surface area contributed by atoms with Gasteiger partial charge in [0, 0.05) is 6.42 Å². The van der Waals surface area contributed by atoms with E-state index in [1.54, 1.807) is 0 Å². The maximum absolute atomic E-state index is 8.11. The Labute approximate surface area is 41.2 Å². The first-order valence-corrected chi connectivity index (χ1v) is 2.02. The molecule has 0 bridgehead atoms. The summed E-state index contributed by atoms with van der Waals surface area (Å²) >= 11 is 0. The van der Waals surface area contributed by atoms with Gasteiger partial charge in [0.15, 0.2) is 5.71 Å². The second kappa shape index (κ2) is 1.61. The molecule has 0 unspecified atom stereocenters. The van der Waals surface area contributed by atoms with E-state index in [0.717, 1.165) is 0 Å². The number of nitrogens with zero attached hydrogens (tertiary/aromatic N) is 2. The Morgan fingerprint density at radius 2 is 2.71 bits per heavy atom. The van der Waals surface area contributed by atoms with Crippen molar-refractivity contribution in [1.29, 1.82) is 5.26 Å². The standard InChI is InChI=1S/C4H4N2O/c5-3-4-1-2-7-6-4/h1-2H2. The van der Waals surface area contributed by atoms with Crippen molar-refractivity contribution in [2.45, 2.75) is 6.42 Å². The second-order valence-corrected chi connectivity index (χ2v) is 1.23. The van der Waals surface area contributed by atoms with Crippen molar-refractivity contribution >= 4 is 5.71 Å². The van der Waals surface area contributed by atoms with Gasteiger partial charge in [0.25, 0.3) is 0 Å². The molecule has 36 valence electrons. The lowest BCUT2D eigenvalue weighted by Crippen LogP contribution is -1.85. The maximum Gasteiger partial charge on any atom is 0.160 e. The molecular weight excluding hydrogens is 92.1 g/mol. The number of rotatable bonds is 0. The largest absolute Gasteiger partial charge is 0.395 e. The van der Waals surface area contributed by atoms with Crippen LogP contribution < -0.4 is 0 Å². The van der Waals surface area contributed by atoms with Crippen molar-refractivity contribution in [3.05, 3.63) is 0 Å². The highest BCUT2D eigenvalue weighted by atomic mass is 16.6. The minimum absolute atomic E-state index is 0.500. The van der Waals surface area contributed by atoms with Crippen LogP contribution >= 0.6 is 0 Å². The Kier molecular flexibility index (Phi) is 0.947. The van der Waals surface area contributed by atoms with Gasteiger partial charge < -0.3 is 4.84 Å². The average molecular weight is 96.1 g/mol. The lowest BCUT2D eigenvalue weighted by atomic mass is 10.3. The van der Waals surface area contributed by atoms with Crippen LogP contribution in [0.5, 0.6) is 0 Å². The fourth-order valence-corrected chi connectivity index (χ4v) is 0.388. The molecule has 0 aromatic carbocycles. The molecule has 1 heterocycles. The number of hydrogen-bond donors (Lipinski definition) is 0. The molecule has 3 nitrogen and oxygen atoms in total. The molecular formula is C4H4N2O. The lowest BCUT2D eigenvalue weighted by Gasteiger charge is -1.75. The summed E-state index contributed by atoms with van der Waals surface area (Å²) in [5.74, 6) is 0. The first kappa shape index (κ1) is 4.13. The van der Waals surface area contributed by atoms with Crippen LogP contribution in [0.2, 0.25) is 0 Å². The van der Waals surface area contributed by atoms with Crippen LogP contribution in [0.4, 0.5) is 0 Å². The number of nitriles is 1. The Bertz CT molecular complexity index is 133. The average Bonchev–Trinajstić information content (AvgIpc) is 2.14. The van der Waals surface area contributed by atoms with Gasteiger partial charge in [0.05, 0.1) is 0 Å². The van der Waals surface area contributed by atoms with E-state index in [4.69, 9.17) is 5.26 Å². The van der Waals surface area contributed by atoms with Gasteiger partial charge in [-0.1, -0.05) is 5.16 Å². The van der Waals surface area contributed by atoms with Crippen molar-refractivity contribution in [2.24, 2.45) is 5.16 Å². The van der Waals surface area contributed by atoms with E-state index < -0.39 is 0 Å². The first-order valence-electron chi connectivity index (χ1n) is 2.02. The number of hydrogen-bond acceptors (Lipinski definition) is 3. The lowest BCUT2D eigenvalue weighted by molar-refractivity contribution is 0.174. The summed E-state index contributed by atoms with van der Waals surface area (Å²) in [5, 5.41) is 11.5. The molecule has 0 saturated heterocycles. The van der Waals surface area contributed by atoms with Crippen molar-refractivity contribution in [2.75, 3.05) is 6.61 Å². The van der Waals surface area contributed by atoms with Crippen LogP contribution in [-0.4, -0.2) is 12.3 Å². The van der Waals surface area contributed by atoms with Gasteiger partial charge in [-0.2, -0.15) is 5.26 Å². The molecule has 0 atom stereocenters. The molecule has 1 aliphatic heterocycles. The van der Waals surface area contributed by atoms with Gasteiger partial charge in [-0.05, 0) is 0 Å². The SMILES string of the molecule is N#CC1=NOCC1. The fraction of sp³-hybridized carbons (Fsp3) is 0.500. The molecule has 0 aromatic heterocycles. The van der Waals surface area contributed by atoms with Gasteiger partial charge in [-0.3, -0.25) is 0 Å². The van der Waals surface area contributed by atoms with Crippen LogP contribution in [-0.2, 0) is 4.84 Å². The minimum Gasteiger partial charge on any atom is -0.395 e. The first-order chi connectivity index (χ1) is 3.43. The molecule has 0 spiro atoms. The molecule has 0 amide bonds. The van der Waals surface area contributed by atoms with Crippen LogP contribution in [0.25, 0.3) is 0 Å². The van der Waals surface area contributed by atoms with Gasteiger partial charge >= 0.3 is 0 Å². The van der Waals surface area contributed by atoms with E-state index in [1.165, 1.54) is 0 Å². The van der Waals surface area contributed by atoms with Crippen LogP contribution in [0.15, 0.2) is 5.16 Å². The van der Waals surface area contributed by atoms with E-state index in [9.17, 15) is 0 Å².